The van der Waals surface area contributed by atoms with Crippen molar-refractivity contribution < 1.29 is 19.0 Å². The summed E-state index contributed by atoms with van der Waals surface area (Å²) in [5, 5.41) is 9.95. The molecule has 0 aliphatic heterocycles. The molecule has 4 aromatic rings. The summed E-state index contributed by atoms with van der Waals surface area (Å²) in [6, 6.07) is 11.3. The smallest absolute Gasteiger partial charge is 0.191 e. The van der Waals surface area contributed by atoms with Crippen LogP contribution in [-0.4, -0.2) is 22.2 Å². The van der Waals surface area contributed by atoms with Gasteiger partial charge in [0.15, 0.2) is 16.9 Å². The molecule has 4 rings (SSSR count). The van der Waals surface area contributed by atoms with E-state index in [1.165, 1.54) is 31.4 Å². The predicted octanol–water partition coefficient (Wildman–Crippen LogP) is 5.63. The minimum absolute atomic E-state index is 0.160. The van der Waals surface area contributed by atoms with Crippen LogP contribution in [0.2, 0.25) is 0 Å². The number of halogens is 1. The van der Waals surface area contributed by atoms with E-state index >= 15 is 0 Å². The molecular weight excluding hydrogens is 435 g/mol. The second-order valence-electron chi connectivity index (χ2n) is 9.20. The first kappa shape index (κ1) is 23.4. The summed E-state index contributed by atoms with van der Waals surface area (Å²) < 4.78 is 25.4. The van der Waals surface area contributed by atoms with Gasteiger partial charge < -0.3 is 19.6 Å². The Balaban J connectivity index is 1.97. The van der Waals surface area contributed by atoms with Gasteiger partial charge in [0, 0.05) is 23.9 Å². The number of H-pyrrole nitrogens is 1. The monoisotopic (exact) mass is 462 g/mol. The number of aryl methyl sites for hydroxylation is 1. The van der Waals surface area contributed by atoms with Crippen molar-refractivity contribution in [2.24, 2.45) is 0 Å². The predicted molar refractivity (Wildman–Crippen MR) is 130 cm³/mol. The number of nitrogens with one attached hydrogen (secondary N) is 1. The normalized spacial score (nSPS) is 11.6. The van der Waals surface area contributed by atoms with E-state index < -0.39 is 5.82 Å². The molecule has 0 saturated carbocycles. The maximum absolute atomic E-state index is 13.8. The van der Waals surface area contributed by atoms with Gasteiger partial charge >= 0.3 is 0 Å². The largest absolute Gasteiger partial charge is 0.493 e. The van der Waals surface area contributed by atoms with Crippen LogP contribution in [0.3, 0.4) is 0 Å². The summed E-state index contributed by atoms with van der Waals surface area (Å²) in [7, 11) is 1.45. The van der Waals surface area contributed by atoms with Gasteiger partial charge in [-0.25, -0.2) is 4.39 Å². The van der Waals surface area contributed by atoms with Crippen molar-refractivity contribution in [1.82, 2.24) is 9.97 Å². The molecule has 0 bridgehead atoms. The molecule has 6 nitrogen and oxygen atoms in total. The van der Waals surface area contributed by atoms with E-state index in [4.69, 9.17) is 9.47 Å². The number of hydrogen-bond donors (Lipinski definition) is 2. The third-order valence-corrected chi connectivity index (χ3v) is 5.75. The van der Waals surface area contributed by atoms with Crippen LogP contribution in [0.4, 0.5) is 4.39 Å². The maximum atomic E-state index is 13.8. The van der Waals surface area contributed by atoms with Gasteiger partial charge in [0.1, 0.15) is 11.6 Å². The number of methoxy groups -OCH3 is 1. The fraction of sp³-hybridized carbons (Fsp3) is 0.259. The minimum Gasteiger partial charge on any atom is -0.493 e. The van der Waals surface area contributed by atoms with Crippen molar-refractivity contribution in [2.75, 3.05) is 7.11 Å². The molecule has 2 aromatic carbocycles. The van der Waals surface area contributed by atoms with Crippen molar-refractivity contribution in [3.05, 3.63) is 81.5 Å². The van der Waals surface area contributed by atoms with Gasteiger partial charge in [-0.3, -0.25) is 9.78 Å². The Labute approximate surface area is 197 Å². The Hall–Kier alpha value is -3.71. The highest BCUT2D eigenvalue weighted by Crippen LogP contribution is 2.41. The van der Waals surface area contributed by atoms with Crippen LogP contribution in [0.5, 0.6) is 17.2 Å². The Bertz CT molecular complexity index is 1440. The van der Waals surface area contributed by atoms with Gasteiger partial charge in [-0.1, -0.05) is 26.8 Å². The zero-order valence-electron chi connectivity index (χ0n) is 19.8. The van der Waals surface area contributed by atoms with Crippen molar-refractivity contribution in [1.29, 1.82) is 0 Å². The molecule has 0 atom stereocenters. The quantitative estimate of drug-likeness (QED) is 0.402. The third-order valence-electron chi connectivity index (χ3n) is 5.75. The highest BCUT2D eigenvalue weighted by molar-refractivity contribution is 5.85. The van der Waals surface area contributed by atoms with E-state index in [9.17, 15) is 14.3 Å². The summed E-state index contributed by atoms with van der Waals surface area (Å²) >= 11 is 0. The summed E-state index contributed by atoms with van der Waals surface area (Å²) in [4.78, 5) is 20.4. The Morgan fingerprint density at radius 1 is 1.06 bits per heavy atom. The lowest BCUT2D eigenvalue weighted by Crippen LogP contribution is -2.12. The molecule has 0 radical (unpaired) electrons. The average Bonchev–Trinajstić information content (AvgIpc) is 2.78. The Morgan fingerprint density at radius 2 is 1.82 bits per heavy atom. The number of benzene rings is 2. The van der Waals surface area contributed by atoms with Crippen LogP contribution in [0, 0.1) is 12.7 Å². The summed E-state index contributed by atoms with van der Waals surface area (Å²) in [6.07, 6.45) is 1.55. The van der Waals surface area contributed by atoms with E-state index in [1.54, 1.807) is 12.3 Å². The van der Waals surface area contributed by atoms with Crippen LogP contribution in [0.25, 0.3) is 22.2 Å². The summed E-state index contributed by atoms with van der Waals surface area (Å²) in [5.74, 6) is 0.679. The van der Waals surface area contributed by atoms with Gasteiger partial charge in [-0.2, -0.15) is 0 Å². The van der Waals surface area contributed by atoms with Crippen molar-refractivity contribution in [3.8, 4) is 28.5 Å². The van der Waals surface area contributed by atoms with Crippen molar-refractivity contribution in [3.63, 3.8) is 0 Å². The molecule has 34 heavy (non-hydrogen) atoms. The van der Waals surface area contributed by atoms with Crippen LogP contribution in [-0.2, 0) is 12.0 Å². The molecule has 0 unspecified atom stereocenters. The maximum Gasteiger partial charge on any atom is 0.191 e. The third kappa shape index (κ3) is 4.39. The number of aliphatic hydroxyl groups is 1. The standard InChI is InChI=1S/C27H27FN2O4/c1-15-10-16(27(2,3)4)11-24(34-22-7-6-17(28)12-23(22)33-5)25(15)19-13-21(32)26-18(30-19)8-9-29-20(26)14-31/h6-13,31H,14H2,1-5H3,(H,30,32). The van der Waals surface area contributed by atoms with Gasteiger partial charge in [0.05, 0.1) is 36.0 Å². The van der Waals surface area contributed by atoms with E-state index in [0.717, 1.165) is 11.1 Å². The SMILES string of the molecule is COc1cc(F)ccc1Oc1cc(C(C)(C)C)cc(C)c1-c1cc(=O)c2c(CO)nccc2[nH]1. The zero-order valence-corrected chi connectivity index (χ0v) is 19.8. The summed E-state index contributed by atoms with van der Waals surface area (Å²) in [6.45, 7) is 7.92. The molecule has 0 amide bonds. The second kappa shape index (κ2) is 8.91. The number of pyridine rings is 2. The Kier molecular flexibility index (Phi) is 6.15. The molecule has 2 aromatic heterocycles. The van der Waals surface area contributed by atoms with Gasteiger partial charge in [0.2, 0.25) is 0 Å². The van der Waals surface area contributed by atoms with Crippen LogP contribution >= 0.6 is 0 Å². The highest BCUT2D eigenvalue weighted by Gasteiger charge is 2.22. The topological polar surface area (TPSA) is 84.4 Å². The number of fused-ring (bicyclic) bond motifs is 1. The first-order valence-electron chi connectivity index (χ1n) is 10.9. The lowest BCUT2D eigenvalue weighted by molar-refractivity contribution is 0.278. The fourth-order valence-electron chi connectivity index (χ4n) is 3.98. The molecule has 0 saturated heterocycles. The van der Waals surface area contributed by atoms with Gasteiger partial charge in [-0.05, 0) is 47.7 Å². The van der Waals surface area contributed by atoms with Gasteiger partial charge in [-0.15, -0.1) is 0 Å². The molecule has 0 aliphatic carbocycles. The zero-order chi connectivity index (χ0) is 24.6. The molecule has 0 aliphatic rings. The van der Waals surface area contributed by atoms with Crippen LogP contribution < -0.4 is 14.9 Å². The molecule has 7 heteroatoms. The van der Waals surface area contributed by atoms with E-state index in [0.29, 0.717) is 39.4 Å². The molecular formula is C27H27FN2O4. The van der Waals surface area contributed by atoms with Crippen LogP contribution in [0.15, 0.2) is 53.5 Å². The lowest BCUT2D eigenvalue weighted by atomic mass is 9.84. The fourth-order valence-corrected chi connectivity index (χ4v) is 3.98. The van der Waals surface area contributed by atoms with E-state index in [1.807, 2.05) is 13.0 Å². The molecule has 2 heterocycles. The van der Waals surface area contributed by atoms with Crippen molar-refractivity contribution >= 4 is 10.9 Å². The number of aromatic amines is 1. The lowest BCUT2D eigenvalue weighted by Gasteiger charge is -2.24. The Morgan fingerprint density at radius 3 is 2.50 bits per heavy atom. The first-order valence-corrected chi connectivity index (χ1v) is 10.9. The average molecular weight is 463 g/mol. The molecule has 0 fully saturated rings. The second-order valence-corrected chi connectivity index (χ2v) is 9.20. The van der Waals surface area contributed by atoms with E-state index in [2.05, 4.69) is 36.8 Å². The van der Waals surface area contributed by atoms with Gasteiger partial charge in [0.25, 0.3) is 0 Å². The number of ether oxygens (including phenoxy) is 2. The molecule has 2 N–H and O–H groups in total. The minimum atomic E-state index is -0.434. The summed E-state index contributed by atoms with van der Waals surface area (Å²) in [5.41, 5.74) is 3.65. The number of aromatic nitrogens is 2. The first-order chi connectivity index (χ1) is 16.1. The highest BCUT2D eigenvalue weighted by atomic mass is 19.1. The van der Waals surface area contributed by atoms with Crippen molar-refractivity contribution in [2.45, 2.75) is 39.7 Å². The number of nitrogens with zero attached hydrogens (tertiary/aromatic N) is 1. The van der Waals surface area contributed by atoms with E-state index in [-0.39, 0.29) is 23.2 Å². The number of hydrogen-bond acceptors (Lipinski definition) is 5. The molecule has 0 spiro atoms. The molecule has 176 valence electrons. The number of rotatable bonds is 5. The van der Waals surface area contributed by atoms with Crippen LogP contribution in [0.1, 0.15) is 37.6 Å². The number of aliphatic hydroxyl groups excluding tert-OH is 1.